The molecule has 0 aliphatic carbocycles. The van der Waals surface area contributed by atoms with E-state index in [0.717, 1.165) is 18.7 Å². The number of anilines is 1. The van der Waals surface area contributed by atoms with Crippen LogP contribution in [-0.4, -0.2) is 40.7 Å². The maximum atomic E-state index is 11.3. The van der Waals surface area contributed by atoms with E-state index in [2.05, 4.69) is 33.4 Å². The third-order valence-corrected chi connectivity index (χ3v) is 4.62. The lowest BCUT2D eigenvalue weighted by atomic mass is 10.1. The van der Waals surface area contributed by atoms with Gasteiger partial charge in [-0.2, -0.15) is 4.98 Å². The maximum Gasteiger partial charge on any atom is 0.274 e. The average Bonchev–Trinajstić information content (AvgIpc) is 2.65. The first-order chi connectivity index (χ1) is 12.7. The van der Waals surface area contributed by atoms with Crippen molar-refractivity contribution in [2.75, 3.05) is 31.6 Å². The fraction of sp³-hybridized carbons (Fsp3) is 0.500. The quantitative estimate of drug-likeness (QED) is 0.737. The summed E-state index contributed by atoms with van der Waals surface area (Å²) >= 11 is 0. The molecule has 2 aromatic rings. The van der Waals surface area contributed by atoms with E-state index in [-0.39, 0.29) is 5.56 Å². The van der Waals surface area contributed by atoms with Crippen LogP contribution in [0, 0.1) is 0 Å². The minimum Gasteiger partial charge on any atom is -0.494 e. The van der Waals surface area contributed by atoms with E-state index in [1.54, 1.807) is 10.8 Å². The predicted molar refractivity (Wildman–Crippen MR) is 104 cm³/mol. The van der Waals surface area contributed by atoms with Crippen molar-refractivity contribution in [2.45, 2.75) is 32.2 Å². The predicted octanol–water partition coefficient (Wildman–Crippen LogP) is 2.65. The number of benzene rings is 1. The molecule has 0 bridgehead atoms. The smallest absolute Gasteiger partial charge is 0.274 e. The fourth-order valence-electron chi connectivity index (χ4n) is 3.20. The molecule has 0 unspecified atom stereocenters. The van der Waals surface area contributed by atoms with E-state index in [9.17, 15) is 4.79 Å². The molecule has 1 aliphatic heterocycles. The molecular formula is C20H28N4O2. The van der Waals surface area contributed by atoms with E-state index in [0.29, 0.717) is 19.1 Å². The number of hydrogen-bond donors (Lipinski definition) is 1. The van der Waals surface area contributed by atoms with Crippen LogP contribution in [0.4, 0.5) is 5.95 Å². The summed E-state index contributed by atoms with van der Waals surface area (Å²) in [6.45, 7) is 4.74. The molecule has 1 fully saturated rings. The molecule has 2 heterocycles. The maximum absolute atomic E-state index is 11.3. The third-order valence-electron chi connectivity index (χ3n) is 4.62. The molecule has 1 aliphatic rings. The highest BCUT2D eigenvalue weighted by molar-refractivity contribution is 5.28. The van der Waals surface area contributed by atoms with E-state index >= 15 is 0 Å². The number of aromatic nitrogens is 2. The molecule has 0 amide bonds. The molecular weight excluding hydrogens is 328 g/mol. The Labute approximate surface area is 154 Å². The molecule has 140 valence electrons. The molecule has 0 radical (unpaired) electrons. The number of nitrogens with one attached hydrogen (secondary N) is 1. The van der Waals surface area contributed by atoms with Crippen LogP contribution < -0.4 is 15.6 Å². The van der Waals surface area contributed by atoms with Gasteiger partial charge in [-0.1, -0.05) is 18.6 Å². The first-order valence-electron chi connectivity index (χ1n) is 9.42. The van der Waals surface area contributed by atoms with Crippen LogP contribution in [-0.2, 0) is 13.6 Å². The Morgan fingerprint density at radius 2 is 2.04 bits per heavy atom. The molecule has 0 atom stereocenters. The third kappa shape index (κ3) is 5.59. The standard InChI is InChI=1S/C20H28N4O2/c1-23-13-9-19(25)22-20(23)21-10-6-14-26-18-8-5-7-17(15-18)16-24-11-3-2-4-12-24/h5,7-9,13,15H,2-4,6,10-12,14,16H2,1H3,(H,21,22,25). The van der Waals surface area contributed by atoms with Gasteiger partial charge in [0, 0.05) is 32.4 Å². The lowest BCUT2D eigenvalue weighted by Crippen LogP contribution is -2.29. The Hall–Kier alpha value is -2.34. The van der Waals surface area contributed by atoms with Gasteiger partial charge in [-0.3, -0.25) is 9.69 Å². The zero-order valence-corrected chi connectivity index (χ0v) is 15.5. The summed E-state index contributed by atoms with van der Waals surface area (Å²) in [5.41, 5.74) is 1.08. The van der Waals surface area contributed by atoms with Crippen molar-refractivity contribution in [2.24, 2.45) is 7.05 Å². The Kier molecular flexibility index (Phi) is 6.66. The van der Waals surface area contributed by atoms with Crippen molar-refractivity contribution in [1.29, 1.82) is 0 Å². The number of nitrogens with zero attached hydrogens (tertiary/aromatic N) is 3. The lowest BCUT2D eigenvalue weighted by Gasteiger charge is -2.26. The molecule has 1 aromatic carbocycles. The van der Waals surface area contributed by atoms with Gasteiger partial charge in [-0.25, -0.2) is 0 Å². The Bertz CT molecular complexity index is 753. The van der Waals surface area contributed by atoms with E-state index in [4.69, 9.17) is 4.74 Å². The van der Waals surface area contributed by atoms with Gasteiger partial charge in [0.1, 0.15) is 5.75 Å². The van der Waals surface area contributed by atoms with Gasteiger partial charge in [0.15, 0.2) is 0 Å². The van der Waals surface area contributed by atoms with E-state index < -0.39 is 0 Å². The first-order valence-corrected chi connectivity index (χ1v) is 9.42. The van der Waals surface area contributed by atoms with Crippen LogP contribution in [0.25, 0.3) is 0 Å². The number of piperidine rings is 1. The van der Waals surface area contributed by atoms with Crippen molar-refractivity contribution in [1.82, 2.24) is 14.5 Å². The molecule has 3 rings (SSSR count). The fourth-order valence-corrected chi connectivity index (χ4v) is 3.20. The topological polar surface area (TPSA) is 59.4 Å². The van der Waals surface area contributed by atoms with Crippen molar-refractivity contribution >= 4 is 5.95 Å². The number of ether oxygens (including phenoxy) is 1. The van der Waals surface area contributed by atoms with Gasteiger partial charge in [-0.05, 0) is 50.0 Å². The van der Waals surface area contributed by atoms with Crippen LogP contribution in [0.2, 0.25) is 0 Å². The SMILES string of the molecule is Cn1ccc(=O)nc1NCCCOc1cccc(CN2CCCCC2)c1. The summed E-state index contributed by atoms with van der Waals surface area (Å²) in [5.74, 6) is 1.51. The van der Waals surface area contributed by atoms with Gasteiger partial charge in [0.2, 0.25) is 5.95 Å². The zero-order valence-electron chi connectivity index (χ0n) is 15.5. The summed E-state index contributed by atoms with van der Waals surface area (Å²) in [5, 5.41) is 3.17. The van der Waals surface area contributed by atoms with Crippen LogP contribution in [0.3, 0.4) is 0 Å². The van der Waals surface area contributed by atoms with Crippen LogP contribution in [0.5, 0.6) is 5.75 Å². The van der Waals surface area contributed by atoms with Crippen LogP contribution >= 0.6 is 0 Å². The highest BCUT2D eigenvalue weighted by Gasteiger charge is 2.10. The number of likely N-dealkylation sites (tertiary alicyclic amines) is 1. The normalized spacial score (nSPS) is 15.0. The van der Waals surface area contributed by atoms with Crippen molar-refractivity contribution in [3.63, 3.8) is 0 Å². The van der Waals surface area contributed by atoms with Crippen molar-refractivity contribution in [3.8, 4) is 5.75 Å². The van der Waals surface area contributed by atoms with E-state index in [1.165, 1.54) is 44.0 Å². The lowest BCUT2D eigenvalue weighted by molar-refractivity contribution is 0.220. The monoisotopic (exact) mass is 356 g/mol. The van der Waals surface area contributed by atoms with Gasteiger partial charge >= 0.3 is 0 Å². The van der Waals surface area contributed by atoms with E-state index in [1.807, 2.05) is 13.1 Å². The van der Waals surface area contributed by atoms with Crippen molar-refractivity contribution in [3.05, 3.63) is 52.4 Å². The largest absolute Gasteiger partial charge is 0.494 e. The Balaban J connectivity index is 1.41. The number of rotatable bonds is 8. The van der Waals surface area contributed by atoms with Gasteiger partial charge in [-0.15, -0.1) is 0 Å². The first kappa shape index (κ1) is 18.5. The highest BCUT2D eigenvalue weighted by atomic mass is 16.5. The van der Waals surface area contributed by atoms with Gasteiger partial charge in [0.05, 0.1) is 6.61 Å². The van der Waals surface area contributed by atoms with Gasteiger partial charge in [0.25, 0.3) is 5.56 Å². The van der Waals surface area contributed by atoms with Crippen LogP contribution in [0.15, 0.2) is 41.3 Å². The minimum atomic E-state index is -0.229. The molecule has 6 heteroatoms. The second-order valence-corrected chi connectivity index (χ2v) is 6.81. The van der Waals surface area contributed by atoms with Crippen molar-refractivity contribution < 1.29 is 4.74 Å². The summed E-state index contributed by atoms with van der Waals surface area (Å²) in [6.07, 6.45) is 6.53. The second kappa shape index (κ2) is 9.38. The zero-order chi connectivity index (χ0) is 18.2. The molecule has 26 heavy (non-hydrogen) atoms. The Morgan fingerprint density at radius 1 is 1.19 bits per heavy atom. The minimum absolute atomic E-state index is 0.229. The molecule has 1 saturated heterocycles. The van der Waals surface area contributed by atoms with Gasteiger partial charge < -0.3 is 14.6 Å². The average molecular weight is 356 g/mol. The molecule has 0 saturated carbocycles. The second-order valence-electron chi connectivity index (χ2n) is 6.81. The summed E-state index contributed by atoms with van der Waals surface area (Å²) in [6, 6.07) is 9.84. The molecule has 6 nitrogen and oxygen atoms in total. The number of hydrogen-bond acceptors (Lipinski definition) is 5. The molecule has 1 N–H and O–H groups in total. The number of aryl methyl sites for hydroxylation is 1. The van der Waals surface area contributed by atoms with Crippen LogP contribution in [0.1, 0.15) is 31.2 Å². The Morgan fingerprint density at radius 3 is 2.88 bits per heavy atom. The highest BCUT2D eigenvalue weighted by Crippen LogP contribution is 2.17. The molecule has 1 aromatic heterocycles. The molecule has 0 spiro atoms. The summed E-state index contributed by atoms with van der Waals surface area (Å²) in [4.78, 5) is 17.8. The summed E-state index contributed by atoms with van der Waals surface area (Å²) < 4.78 is 7.68. The summed E-state index contributed by atoms with van der Waals surface area (Å²) in [7, 11) is 1.86.